The second-order valence-corrected chi connectivity index (χ2v) is 14.7. The molecule has 44 heavy (non-hydrogen) atoms. The molecule has 0 bridgehead atoms. The molecule has 3 heterocycles. The Kier molecular flexibility index (Phi) is 12.6. The third-order valence-corrected chi connectivity index (χ3v) is 11.1. The van der Waals surface area contributed by atoms with Crippen LogP contribution in [-0.2, 0) is 0 Å². The molecule has 8 nitrogen and oxygen atoms in total. The topological polar surface area (TPSA) is 99.6 Å². The van der Waals surface area contributed by atoms with Crippen LogP contribution in [-0.4, -0.2) is 45.3 Å². The van der Waals surface area contributed by atoms with E-state index >= 15 is 0 Å². The van der Waals surface area contributed by atoms with Gasteiger partial charge < -0.3 is 20.6 Å². The van der Waals surface area contributed by atoms with Crippen LogP contribution >= 0.6 is 69.6 Å². The Morgan fingerprint density at radius 1 is 0.591 bits per heavy atom. The van der Waals surface area contributed by atoms with Crippen LogP contribution in [0.25, 0.3) is 21.8 Å². The molecule has 0 amide bonds. The number of benzene rings is 2. The number of aromatic nitrogens is 4. The minimum absolute atomic E-state index is 0.0594. The lowest BCUT2D eigenvalue weighted by molar-refractivity contribution is 0.342. The van der Waals surface area contributed by atoms with E-state index in [1.165, 1.54) is 38.5 Å². The minimum atomic E-state index is 0.0594. The highest BCUT2D eigenvalue weighted by Gasteiger charge is 2.20. The second-order valence-electron chi connectivity index (χ2n) is 11.6. The smallest absolute Gasteiger partial charge is 0.262 e. The molecule has 2 aromatic carbocycles. The first-order chi connectivity index (χ1) is 21.4. The van der Waals surface area contributed by atoms with Gasteiger partial charge in [-0.25, -0.2) is 0 Å². The SMILES string of the molecule is C1CNCCN1.O=c1c2cccc(I)c2[nH]c(=S)n1C1CCCCC1.O=c1c2cccc(I)c2[nH]c(=S)n1C1CCCCC1. The Labute approximate surface area is 295 Å². The second kappa shape index (κ2) is 16.4. The van der Waals surface area contributed by atoms with E-state index in [1.54, 1.807) is 9.13 Å². The van der Waals surface area contributed by atoms with Crippen LogP contribution in [0, 0.1) is 16.7 Å². The molecule has 3 fully saturated rings. The lowest BCUT2D eigenvalue weighted by Crippen LogP contribution is -2.39. The van der Waals surface area contributed by atoms with Gasteiger partial charge in [-0.15, -0.1) is 0 Å². The van der Waals surface area contributed by atoms with Gasteiger partial charge in [0.25, 0.3) is 11.1 Å². The quantitative estimate of drug-likeness (QED) is 0.123. The van der Waals surface area contributed by atoms with Crippen LogP contribution in [0.2, 0.25) is 0 Å². The fourth-order valence-corrected chi connectivity index (χ4v) is 8.32. The van der Waals surface area contributed by atoms with Crippen molar-refractivity contribution < 1.29 is 0 Å². The van der Waals surface area contributed by atoms with E-state index in [0.717, 1.165) is 80.8 Å². The van der Waals surface area contributed by atoms with Gasteiger partial charge in [0.2, 0.25) is 0 Å². The number of halogens is 2. The number of hydrogen-bond donors (Lipinski definition) is 4. The van der Waals surface area contributed by atoms with Crippen molar-refractivity contribution in [3.8, 4) is 0 Å². The average Bonchev–Trinajstić information content (AvgIpc) is 3.05. The van der Waals surface area contributed by atoms with Crippen molar-refractivity contribution in [1.82, 2.24) is 29.7 Å². The lowest BCUT2D eigenvalue weighted by atomic mass is 9.95. The molecule has 0 spiro atoms. The standard InChI is InChI=1S/2C14H15IN2OS.C4H10N2/c2*15-11-8-4-7-10-12(11)16-14(19)17(13(10)18)9-5-2-1-3-6-9;1-2-6-4-3-5-1/h2*4,7-9H,1-3,5-6H2,(H,16,19);5-6H,1-4H2. The van der Waals surface area contributed by atoms with Gasteiger partial charge in [0.1, 0.15) is 0 Å². The Hall–Kier alpha value is -1.46. The van der Waals surface area contributed by atoms with Crippen LogP contribution in [0.1, 0.15) is 76.3 Å². The number of H-pyrrole nitrogens is 2. The van der Waals surface area contributed by atoms with E-state index in [0.29, 0.717) is 9.54 Å². The maximum Gasteiger partial charge on any atom is 0.262 e. The maximum absolute atomic E-state index is 12.7. The number of aromatic amines is 2. The van der Waals surface area contributed by atoms with E-state index in [2.05, 4.69) is 65.8 Å². The van der Waals surface area contributed by atoms with E-state index in [4.69, 9.17) is 24.4 Å². The zero-order chi connectivity index (χ0) is 31.1. The van der Waals surface area contributed by atoms with Crippen molar-refractivity contribution in [2.75, 3.05) is 26.2 Å². The highest BCUT2D eigenvalue weighted by atomic mass is 127. The summed E-state index contributed by atoms with van der Waals surface area (Å²) in [5, 5.41) is 7.93. The summed E-state index contributed by atoms with van der Waals surface area (Å²) in [5.41, 5.74) is 1.85. The molecule has 2 saturated carbocycles. The number of nitrogens with one attached hydrogen (secondary N) is 4. The third kappa shape index (κ3) is 8.08. The number of fused-ring (bicyclic) bond motifs is 2. The van der Waals surface area contributed by atoms with Gasteiger partial charge in [0, 0.05) is 45.4 Å². The Balaban J connectivity index is 0.000000147. The Morgan fingerprint density at radius 3 is 1.30 bits per heavy atom. The van der Waals surface area contributed by atoms with Crippen LogP contribution in [0.15, 0.2) is 46.0 Å². The van der Waals surface area contributed by atoms with Gasteiger partial charge in [0.15, 0.2) is 9.54 Å². The summed E-state index contributed by atoms with van der Waals surface area (Å²) < 4.78 is 6.80. The number of piperazine rings is 1. The third-order valence-electron chi connectivity index (χ3n) is 8.66. The van der Waals surface area contributed by atoms with Crippen LogP contribution in [0.3, 0.4) is 0 Å². The number of para-hydroxylation sites is 2. The molecule has 3 aliphatic rings. The van der Waals surface area contributed by atoms with Gasteiger partial charge in [-0.3, -0.25) is 18.7 Å². The van der Waals surface area contributed by atoms with Crippen molar-refractivity contribution in [2.24, 2.45) is 0 Å². The van der Waals surface area contributed by atoms with Crippen LogP contribution < -0.4 is 21.8 Å². The van der Waals surface area contributed by atoms with E-state index < -0.39 is 0 Å². The highest BCUT2D eigenvalue weighted by Crippen LogP contribution is 2.29. The van der Waals surface area contributed by atoms with E-state index in [1.807, 2.05) is 36.4 Å². The summed E-state index contributed by atoms with van der Waals surface area (Å²) in [6.07, 6.45) is 11.6. The normalized spacial score (nSPS) is 17.9. The monoisotopic (exact) mass is 858 g/mol. The molecule has 7 rings (SSSR count). The van der Waals surface area contributed by atoms with E-state index in [9.17, 15) is 9.59 Å². The summed E-state index contributed by atoms with van der Waals surface area (Å²) >= 11 is 15.3. The molecule has 2 aromatic heterocycles. The molecule has 0 radical (unpaired) electrons. The predicted octanol–water partition coefficient (Wildman–Crippen LogP) is 7.52. The largest absolute Gasteiger partial charge is 0.331 e. The van der Waals surface area contributed by atoms with E-state index in [-0.39, 0.29) is 23.2 Å². The maximum atomic E-state index is 12.7. The first-order valence-corrected chi connectivity index (χ1v) is 18.6. The molecular weight excluding hydrogens is 818 g/mol. The molecule has 236 valence electrons. The summed E-state index contributed by atoms with van der Waals surface area (Å²) in [6.45, 7) is 4.56. The number of rotatable bonds is 2. The first-order valence-electron chi connectivity index (χ1n) is 15.6. The molecule has 2 aliphatic carbocycles. The van der Waals surface area contributed by atoms with Crippen molar-refractivity contribution in [3.63, 3.8) is 0 Å². The number of nitrogens with zero attached hydrogens (tertiary/aromatic N) is 2. The average molecular weight is 859 g/mol. The lowest BCUT2D eigenvalue weighted by Gasteiger charge is -2.24. The molecule has 4 N–H and O–H groups in total. The molecule has 0 unspecified atom stereocenters. The Bertz CT molecular complexity index is 1680. The van der Waals surface area contributed by atoms with Crippen molar-refractivity contribution in [3.05, 3.63) is 73.8 Å². The van der Waals surface area contributed by atoms with Crippen molar-refractivity contribution >= 4 is 91.4 Å². The Morgan fingerprint density at radius 2 is 0.955 bits per heavy atom. The fraction of sp³-hybridized carbons (Fsp3) is 0.500. The fourth-order valence-electron chi connectivity index (χ4n) is 6.38. The van der Waals surface area contributed by atoms with Gasteiger partial charge in [-0.05, 0) is 120 Å². The predicted molar refractivity (Wildman–Crippen MR) is 202 cm³/mol. The van der Waals surface area contributed by atoms with Gasteiger partial charge in [0.05, 0.1) is 21.8 Å². The summed E-state index contributed by atoms with van der Waals surface area (Å²) in [7, 11) is 0. The number of hydrogen-bond acceptors (Lipinski definition) is 6. The minimum Gasteiger partial charge on any atom is -0.331 e. The first kappa shape index (κ1) is 33.9. The van der Waals surface area contributed by atoms with Gasteiger partial charge >= 0.3 is 0 Å². The van der Waals surface area contributed by atoms with Gasteiger partial charge in [-0.2, -0.15) is 0 Å². The summed E-state index contributed by atoms with van der Waals surface area (Å²) in [5.74, 6) is 0. The zero-order valence-corrected chi connectivity index (χ0v) is 30.7. The molecule has 1 aliphatic heterocycles. The summed E-state index contributed by atoms with van der Waals surface area (Å²) in [6, 6.07) is 12.1. The van der Waals surface area contributed by atoms with Crippen molar-refractivity contribution in [2.45, 2.75) is 76.3 Å². The molecule has 4 aromatic rings. The molecule has 0 atom stereocenters. The van der Waals surface area contributed by atoms with Crippen LogP contribution in [0.4, 0.5) is 0 Å². The molecule has 12 heteroatoms. The zero-order valence-electron chi connectivity index (χ0n) is 24.8. The van der Waals surface area contributed by atoms with Gasteiger partial charge in [-0.1, -0.05) is 50.7 Å². The van der Waals surface area contributed by atoms with Crippen LogP contribution in [0.5, 0.6) is 0 Å². The molecular formula is C32H40I2N6O2S2. The summed E-state index contributed by atoms with van der Waals surface area (Å²) in [4.78, 5) is 31.8. The highest BCUT2D eigenvalue weighted by molar-refractivity contribution is 14.1. The van der Waals surface area contributed by atoms with Crippen molar-refractivity contribution in [1.29, 1.82) is 0 Å². The molecule has 1 saturated heterocycles.